The number of hydrogen-bond donors (Lipinski definition) is 0. The number of rotatable bonds is 3. The van der Waals surface area contributed by atoms with Crippen LogP contribution in [0.4, 0.5) is 0 Å². The highest BCUT2D eigenvalue weighted by atomic mass is 16.5. The largest absolute Gasteiger partial charge is 0.466 e. The van der Waals surface area contributed by atoms with E-state index < -0.39 is 5.60 Å². The van der Waals surface area contributed by atoms with Crippen LogP contribution in [0.2, 0.25) is 0 Å². The van der Waals surface area contributed by atoms with Crippen molar-refractivity contribution in [1.29, 1.82) is 0 Å². The van der Waals surface area contributed by atoms with E-state index in [1.165, 1.54) is 0 Å². The summed E-state index contributed by atoms with van der Waals surface area (Å²) >= 11 is 0. The van der Waals surface area contributed by atoms with Gasteiger partial charge in [0, 0.05) is 0 Å². The number of carbonyl (C=O) groups is 1. The number of hydrogen-bond acceptors (Lipinski definition) is 4. The van der Waals surface area contributed by atoms with E-state index in [0.717, 1.165) is 5.56 Å². The molecule has 2 atom stereocenters. The third kappa shape index (κ3) is 2.86. The maximum absolute atomic E-state index is 12.4. The molecule has 1 aliphatic heterocycles. The van der Waals surface area contributed by atoms with Crippen LogP contribution in [-0.2, 0) is 14.3 Å². The zero-order chi connectivity index (χ0) is 14.8. The first-order valence-corrected chi connectivity index (χ1v) is 7.03. The van der Waals surface area contributed by atoms with Crippen LogP contribution in [0.15, 0.2) is 30.3 Å². The summed E-state index contributed by atoms with van der Waals surface area (Å²) in [6.45, 7) is 6.63. The fourth-order valence-corrected chi connectivity index (χ4v) is 2.81. The van der Waals surface area contributed by atoms with E-state index in [0.29, 0.717) is 13.3 Å². The van der Waals surface area contributed by atoms with Gasteiger partial charge in [0.15, 0.2) is 0 Å². The first kappa shape index (κ1) is 15.0. The maximum Gasteiger partial charge on any atom is 0.313 e. The molecule has 4 heteroatoms. The van der Waals surface area contributed by atoms with E-state index in [9.17, 15) is 4.79 Å². The topological polar surface area (TPSA) is 38.8 Å². The Hall–Kier alpha value is -1.39. The Morgan fingerprint density at radius 3 is 2.65 bits per heavy atom. The van der Waals surface area contributed by atoms with Crippen molar-refractivity contribution in [2.24, 2.45) is 5.92 Å². The standard InChI is InChI=1S/C16H23NO3/c1-5-19-15(18)13-14(12-9-7-6-8-10-12)17(4)11-20-16(13,2)3/h6-10,13-14H,5,11H2,1-4H3. The predicted molar refractivity (Wildman–Crippen MR) is 77.1 cm³/mol. The highest BCUT2D eigenvalue weighted by Crippen LogP contribution is 2.41. The number of nitrogens with zero attached hydrogens (tertiary/aromatic N) is 1. The number of esters is 1. The molecule has 2 rings (SSSR count). The van der Waals surface area contributed by atoms with Gasteiger partial charge in [0.05, 0.1) is 18.2 Å². The lowest BCUT2D eigenvalue weighted by molar-refractivity contribution is -0.198. The van der Waals surface area contributed by atoms with Crippen molar-refractivity contribution in [3.63, 3.8) is 0 Å². The molecule has 2 unspecified atom stereocenters. The van der Waals surface area contributed by atoms with Crippen LogP contribution < -0.4 is 0 Å². The van der Waals surface area contributed by atoms with Crippen molar-refractivity contribution in [3.05, 3.63) is 35.9 Å². The SMILES string of the molecule is CCOC(=O)C1C(c2ccccc2)N(C)COC1(C)C. The third-order valence-electron chi connectivity index (χ3n) is 3.86. The van der Waals surface area contributed by atoms with Gasteiger partial charge in [-0.05, 0) is 33.4 Å². The minimum atomic E-state index is -0.542. The van der Waals surface area contributed by atoms with E-state index in [1.807, 2.05) is 46.0 Å². The minimum absolute atomic E-state index is 0.0287. The molecule has 1 heterocycles. The highest BCUT2D eigenvalue weighted by molar-refractivity contribution is 5.75. The fraction of sp³-hybridized carbons (Fsp3) is 0.562. The van der Waals surface area contributed by atoms with Crippen molar-refractivity contribution < 1.29 is 14.3 Å². The van der Waals surface area contributed by atoms with Gasteiger partial charge in [0.2, 0.25) is 0 Å². The van der Waals surface area contributed by atoms with Crippen molar-refractivity contribution in [2.45, 2.75) is 32.4 Å². The van der Waals surface area contributed by atoms with E-state index in [4.69, 9.17) is 9.47 Å². The van der Waals surface area contributed by atoms with Crippen LogP contribution in [0.3, 0.4) is 0 Å². The third-order valence-corrected chi connectivity index (χ3v) is 3.86. The first-order valence-electron chi connectivity index (χ1n) is 7.03. The Morgan fingerprint density at radius 1 is 1.40 bits per heavy atom. The number of carbonyl (C=O) groups excluding carboxylic acids is 1. The average Bonchev–Trinajstić information content (AvgIpc) is 2.42. The number of benzene rings is 1. The molecule has 1 fully saturated rings. The molecule has 0 aromatic heterocycles. The Kier molecular flexibility index (Phi) is 4.45. The molecule has 1 aromatic rings. The molecule has 0 radical (unpaired) electrons. The molecule has 0 N–H and O–H groups in total. The minimum Gasteiger partial charge on any atom is -0.466 e. The molecule has 0 bridgehead atoms. The van der Waals surface area contributed by atoms with Gasteiger partial charge in [-0.15, -0.1) is 0 Å². The molecule has 110 valence electrons. The van der Waals surface area contributed by atoms with E-state index in [-0.39, 0.29) is 17.9 Å². The molecule has 0 saturated carbocycles. The van der Waals surface area contributed by atoms with Gasteiger partial charge in [-0.2, -0.15) is 0 Å². The van der Waals surface area contributed by atoms with Crippen LogP contribution in [0.5, 0.6) is 0 Å². The Morgan fingerprint density at radius 2 is 2.05 bits per heavy atom. The van der Waals surface area contributed by atoms with Gasteiger partial charge < -0.3 is 9.47 Å². The second-order valence-corrected chi connectivity index (χ2v) is 5.72. The summed E-state index contributed by atoms with van der Waals surface area (Å²) in [5, 5.41) is 0. The van der Waals surface area contributed by atoms with Gasteiger partial charge in [0.25, 0.3) is 0 Å². The molecular formula is C16H23NO3. The number of ether oxygens (including phenoxy) is 2. The molecule has 1 saturated heterocycles. The molecule has 0 spiro atoms. The Labute approximate surface area is 120 Å². The van der Waals surface area contributed by atoms with Gasteiger partial charge in [-0.25, -0.2) is 0 Å². The molecule has 1 aliphatic rings. The normalized spacial score (nSPS) is 26.2. The lowest BCUT2D eigenvalue weighted by Crippen LogP contribution is -2.54. The van der Waals surface area contributed by atoms with Crippen LogP contribution >= 0.6 is 0 Å². The summed E-state index contributed by atoms with van der Waals surface area (Å²) in [5.41, 5.74) is 0.573. The van der Waals surface area contributed by atoms with Gasteiger partial charge in [0.1, 0.15) is 12.6 Å². The quantitative estimate of drug-likeness (QED) is 0.796. The first-order chi connectivity index (χ1) is 9.47. The van der Waals surface area contributed by atoms with Crippen molar-refractivity contribution in [2.75, 3.05) is 20.4 Å². The van der Waals surface area contributed by atoms with E-state index >= 15 is 0 Å². The highest BCUT2D eigenvalue weighted by Gasteiger charge is 2.48. The van der Waals surface area contributed by atoms with Gasteiger partial charge in [-0.1, -0.05) is 30.3 Å². The van der Waals surface area contributed by atoms with Crippen LogP contribution in [0.25, 0.3) is 0 Å². The lowest BCUT2D eigenvalue weighted by atomic mass is 9.79. The van der Waals surface area contributed by atoms with Crippen LogP contribution in [0, 0.1) is 5.92 Å². The smallest absolute Gasteiger partial charge is 0.313 e. The average molecular weight is 277 g/mol. The molecular weight excluding hydrogens is 254 g/mol. The lowest BCUT2D eigenvalue weighted by Gasteiger charge is -2.47. The zero-order valence-corrected chi connectivity index (χ0v) is 12.6. The second kappa shape index (κ2) is 5.94. The fourth-order valence-electron chi connectivity index (χ4n) is 2.81. The summed E-state index contributed by atoms with van der Waals surface area (Å²) in [5.74, 6) is -0.540. The summed E-state index contributed by atoms with van der Waals surface area (Å²) in [4.78, 5) is 14.5. The summed E-state index contributed by atoms with van der Waals surface area (Å²) in [6.07, 6.45) is 0. The predicted octanol–water partition coefficient (Wildman–Crippen LogP) is 2.61. The van der Waals surface area contributed by atoms with Gasteiger partial charge >= 0.3 is 5.97 Å². The van der Waals surface area contributed by atoms with Gasteiger partial charge in [-0.3, -0.25) is 9.69 Å². The molecule has 0 aliphatic carbocycles. The molecule has 20 heavy (non-hydrogen) atoms. The van der Waals surface area contributed by atoms with Crippen LogP contribution in [0.1, 0.15) is 32.4 Å². The molecule has 1 aromatic carbocycles. The summed E-state index contributed by atoms with van der Waals surface area (Å²) < 4.78 is 11.1. The van der Waals surface area contributed by atoms with Crippen molar-refractivity contribution >= 4 is 5.97 Å². The Bertz CT molecular complexity index is 458. The second-order valence-electron chi connectivity index (χ2n) is 5.72. The molecule has 0 amide bonds. The zero-order valence-electron chi connectivity index (χ0n) is 12.6. The van der Waals surface area contributed by atoms with Crippen molar-refractivity contribution in [3.8, 4) is 0 Å². The maximum atomic E-state index is 12.4. The summed E-state index contributed by atoms with van der Waals surface area (Å²) in [6, 6.07) is 10.0. The van der Waals surface area contributed by atoms with Crippen LogP contribution in [-0.4, -0.2) is 36.9 Å². The van der Waals surface area contributed by atoms with E-state index in [2.05, 4.69) is 17.0 Å². The molecule has 4 nitrogen and oxygen atoms in total. The van der Waals surface area contributed by atoms with E-state index in [1.54, 1.807) is 0 Å². The Balaban J connectivity index is 2.39. The van der Waals surface area contributed by atoms with Crippen molar-refractivity contribution in [1.82, 2.24) is 4.90 Å². The summed E-state index contributed by atoms with van der Waals surface area (Å²) in [7, 11) is 1.97. The monoisotopic (exact) mass is 277 g/mol.